The summed E-state index contributed by atoms with van der Waals surface area (Å²) in [5.74, 6) is 0.684. The fourth-order valence-electron chi connectivity index (χ4n) is 2.99. The molecule has 0 aliphatic heterocycles. The van der Waals surface area contributed by atoms with Crippen molar-refractivity contribution in [1.29, 1.82) is 0 Å². The predicted molar refractivity (Wildman–Crippen MR) is 80.4 cm³/mol. The maximum Gasteiger partial charge on any atom is 0.231 e. The molecule has 19 heavy (non-hydrogen) atoms. The molecule has 4 heteroatoms. The van der Waals surface area contributed by atoms with Crippen LogP contribution in [0.25, 0.3) is 0 Å². The second-order valence-corrected chi connectivity index (χ2v) is 8.44. The maximum absolute atomic E-state index is 12.9. The normalized spacial score (nSPS) is 29.2. The molecule has 1 saturated carbocycles. The number of rotatable bonds is 6. The van der Waals surface area contributed by atoms with Gasteiger partial charge in [0.2, 0.25) is 7.37 Å². The Hall–Kier alpha value is -0.630. The second kappa shape index (κ2) is 5.40. The Balaban J connectivity index is 2.11. The van der Waals surface area contributed by atoms with Gasteiger partial charge in [-0.15, -0.1) is 0 Å². The van der Waals surface area contributed by atoms with Crippen molar-refractivity contribution < 1.29 is 9.09 Å². The summed E-state index contributed by atoms with van der Waals surface area (Å²) in [7, 11) is 3.09. The Morgan fingerprint density at radius 1 is 1.37 bits per heavy atom. The van der Waals surface area contributed by atoms with Crippen molar-refractivity contribution in [3.05, 3.63) is 30.3 Å². The first-order chi connectivity index (χ1) is 8.94. The van der Waals surface area contributed by atoms with Gasteiger partial charge in [-0.1, -0.05) is 25.1 Å². The van der Waals surface area contributed by atoms with Crippen LogP contribution < -0.4 is 5.30 Å². The highest BCUT2D eigenvalue weighted by atomic mass is 31.2. The third-order valence-electron chi connectivity index (χ3n) is 4.59. The van der Waals surface area contributed by atoms with E-state index >= 15 is 0 Å². The van der Waals surface area contributed by atoms with Crippen molar-refractivity contribution in [3.8, 4) is 0 Å². The van der Waals surface area contributed by atoms with Crippen LogP contribution in [0, 0.1) is 5.92 Å². The van der Waals surface area contributed by atoms with Gasteiger partial charge in [-0.25, -0.2) is 0 Å². The quantitative estimate of drug-likeness (QED) is 0.751. The predicted octanol–water partition coefficient (Wildman–Crippen LogP) is 2.97. The summed E-state index contributed by atoms with van der Waals surface area (Å²) in [6.45, 7) is 2.26. The van der Waals surface area contributed by atoms with Crippen LogP contribution in [-0.4, -0.2) is 37.8 Å². The van der Waals surface area contributed by atoms with Crippen molar-refractivity contribution in [3.63, 3.8) is 0 Å². The summed E-state index contributed by atoms with van der Waals surface area (Å²) < 4.78 is 18.3. The van der Waals surface area contributed by atoms with E-state index in [2.05, 4.69) is 25.9 Å². The van der Waals surface area contributed by atoms with E-state index < -0.39 is 7.37 Å². The fraction of sp³-hybridized carbons (Fsp3) is 0.600. The van der Waals surface area contributed by atoms with Crippen LogP contribution in [0.15, 0.2) is 30.3 Å². The molecule has 1 aliphatic carbocycles. The SMILES string of the molecule is COP(=O)(CC[C@]1(N(C)C)C[C@H]1C)c1ccccc1. The molecule has 1 unspecified atom stereocenters. The zero-order valence-corrected chi connectivity index (χ0v) is 13.2. The summed E-state index contributed by atoms with van der Waals surface area (Å²) in [6, 6.07) is 9.59. The van der Waals surface area contributed by atoms with E-state index in [1.807, 2.05) is 30.3 Å². The topological polar surface area (TPSA) is 29.5 Å². The molecule has 0 amide bonds. The Morgan fingerprint density at radius 3 is 2.37 bits per heavy atom. The summed E-state index contributed by atoms with van der Waals surface area (Å²) in [6.07, 6.45) is 2.75. The van der Waals surface area contributed by atoms with E-state index in [1.165, 1.54) is 6.42 Å². The molecule has 1 aromatic carbocycles. The van der Waals surface area contributed by atoms with Gasteiger partial charge >= 0.3 is 0 Å². The summed E-state index contributed by atoms with van der Waals surface area (Å²) in [4.78, 5) is 2.28. The minimum absolute atomic E-state index is 0.225. The van der Waals surface area contributed by atoms with Crippen molar-refractivity contribution in [2.45, 2.75) is 25.3 Å². The molecular weight excluding hydrogens is 257 g/mol. The van der Waals surface area contributed by atoms with Crippen LogP contribution in [-0.2, 0) is 9.09 Å². The number of hydrogen-bond donors (Lipinski definition) is 0. The standard InChI is InChI=1S/C15H24NO2P/c1-13-12-15(13,16(2)3)10-11-19(17,18-4)14-8-6-5-7-9-14/h5-9,13H,10-12H2,1-4H3/t13-,15+,19?/m1/s1. The van der Waals surface area contributed by atoms with Crippen LogP contribution in [0.4, 0.5) is 0 Å². The molecule has 0 radical (unpaired) electrons. The third-order valence-corrected chi connectivity index (χ3v) is 7.08. The largest absolute Gasteiger partial charge is 0.329 e. The summed E-state index contributed by atoms with van der Waals surface area (Å²) in [5.41, 5.74) is 0.225. The first-order valence-corrected chi connectivity index (χ1v) is 8.63. The zero-order chi connectivity index (χ0) is 14.1. The smallest absolute Gasteiger partial charge is 0.231 e. The molecule has 0 aromatic heterocycles. The van der Waals surface area contributed by atoms with E-state index in [-0.39, 0.29) is 5.54 Å². The Kier molecular flexibility index (Phi) is 4.20. The Morgan fingerprint density at radius 2 is 1.95 bits per heavy atom. The maximum atomic E-state index is 12.9. The molecular formula is C15H24NO2P. The van der Waals surface area contributed by atoms with Gasteiger partial charge in [0, 0.05) is 24.1 Å². The van der Waals surface area contributed by atoms with Gasteiger partial charge in [-0.3, -0.25) is 4.57 Å². The molecule has 0 heterocycles. The highest BCUT2D eigenvalue weighted by molar-refractivity contribution is 7.66. The number of hydrogen-bond acceptors (Lipinski definition) is 3. The lowest BCUT2D eigenvalue weighted by Gasteiger charge is -2.27. The van der Waals surface area contributed by atoms with Gasteiger partial charge in [-0.2, -0.15) is 0 Å². The van der Waals surface area contributed by atoms with E-state index in [0.29, 0.717) is 12.1 Å². The molecule has 0 bridgehead atoms. The lowest BCUT2D eigenvalue weighted by Crippen LogP contribution is -2.33. The minimum Gasteiger partial charge on any atom is -0.329 e. The molecule has 3 nitrogen and oxygen atoms in total. The van der Waals surface area contributed by atoms with Crippen LogP contribution in [0.5, 0.6) is 0 Å². The Labute approximate surface area is 116 Å². The van der Waals surface area contributed by atoms with E-state index in [9.17, 15) is 4.57 Å². The van der Waals surface area contributed by atoms with Crippen molar-refractivity contribution in [2.24, 2.45) is 5.92 Å². The zero-order valence-electron chi connectivity index (χ0n) is 12.3. The fourth-order valence-corrected chi connectivity index (χ4v) is 4.95. The highest BCUT2D eigenvalue weighted by Gasteiger charge is 2.53. The van der Waals surface area contributed by atoms with Gasteiger partial charge < -0.3 is 9.42 Å². The van der Waals surface area contributed by atoms with Crippen LogP contribution in [0.1, 0.15) is 19.8 Å². The number of benzene rings is 1. The Bertz CT molecular complexity index is 474. The molecule has 0 N–H and O–H groups in total. The molecule has 2 rings (SSSR count). The third kappa shape index (κ3) is 2.79. The summed E-state index contributed by atoms with van der Waals surface area (Å²) in [5, 5.41) is 0.833. The molecule has 1 aliphatic rings. The van der Waals surface area contributed by atoms with Crippen molar-refractivity contribution in [2.75, 3.05) is 27.4 Å². The average molecular weight is 281 g/mol. The van der Waals surface area contributed by atoms with Crippen LogP contribution in [0.3, 0.4) is 0 Å². The van der Waals surface area contributed by atoms with E-state index in [0.717, 1.165) is 11.7 Å². The summed E-state index contributed by atoms with van der Waals surface area (Å²) >= 11 is 0. The molecule has 3 atom stereocenters. The lowest BCUT2D eigenvalue weighted by atomic mass is 10.1. The molecule has 0 spiro atoms. The van der Waals surface area contributed by atoms with Crippen LogP contribution >= 0.6 is 7.37 Å². The van der Waals surface area contributed by atoms with Crippen LogP contribution in [0.2, 0.25) is 0 Å². The van der Waals surface area contributed by atoms with Gasteiger partial charge in [0.1, 0.15) is 0 Å². The van der Waals surface area contributed by atoms with Crippen molar-refractivity contribution in [1.82, 2.24) is 4.90 Å². The average Bonchev–Trinajstić information content (AvgIpc) is 3.09. The monoisotopic (exact) mass is 281 g/mol. The van der Waals surface area contributed by atoms with Gasteiger partial charge in [-0.05, 0) is 45.0 Å². The van der Waals surface area contributed by atoms with E-state index in [4.69, 9.17) is 4.52 Å². The number of nitrogens with zero attached hydrogens (tertiary/aromatic N) is 1. The molecule has 1 fully saturated rings. The lowest BCUT2D eigenvalue weighted by molar-refractivity contribution is 0.244. The van der Waals surface area contributed by atoms with Gasteiger partial charge in [0.25, 0.3) is 0 Å². The first kappa shape index (κ1) is 14.8. The van der Waals surface area contributed by atoms with Gasteiger partial charge in [0.05, 0.1) is 0 Å². The second-order valence-electron chi connectivity index (χ2n) is 5.77. The van der Waals surface area contributed by atoms with E-state index in [1.54, 1.807) is 7.11 Å². The highest BCUT2D eigenvalue weighted by Crippen LogP contribution is 2.54. The first-order valence-electron chi connectivity index (χ1n) is 6.82. The molecule has 0 saturated heterocycles. The molecule has 106 valence electrons. The molecule has 1 aromatic rings. The van der Waals surface area contributed by atoms with Gasteiger partial charge in [0.15, 0.2) is 0 Å². The minimum atomic E-state index is -2.70. The van der Waals surface area contributed by atoms with Crippen molar-refractivity contribution >= 4 is 12.7 Å².